The number of carboxylic acid groups (broad SMARTS) is 1. The summed E-state index contributed by atoms with van der Waals surface area (Å²) in [5.74, 6) is -1.44. The van der Waals surface area contributed by atoms with Crippen molar-refractivity contribution in [3.05, 3.63) is 65.7 Å². The van der Waals surface area contributed by atoms with E-state index in [1.807, 2.05) is 0 Å². The maximum absolute atomic E-state index is 13.3. The number of carboxylic acids is 1. The van der Waals surface area contributed by atoms with Crippen LogP contribution in [-0.4, -0.2) is 16.1 Å². The molecular weight excluding hydrogens is 245 g/mol. The van der Waals surface area contributed by atoms with E-state index in [4.69, 9.17) is 0 Å². The molecule has 1 aromatic heterocycles. The molecule has 19 heavy (non-hydrogen) atoms. The first-order valence-electron chi connectivity index (χ1n) is 5.92. The zero-order chi connectivity index (χ0) is 13.9. The largest absolute Gasteiger partial charge is 0.481 e. The Labute approximate surface area is 110 Å². The quantitative estimate of drug-likeness (QED) is 0.918. The summed E-state index contributed by atoms with van der Waals surface area (Å²) in [6, 6.07) is 11.0. The van der Waals surface area contributed by atoms with E-state index in [9.17, 15) is 14.3 Å². The fraction of sp³-hybridized carbons (Fsp3) is 0.200. The lowest BCUT2D eigenvalue weighted by Gasteiger charge is -2.25. The molecule has 0 bridgehead atoms. The average molecular weight is 259 g/mol. The van der Waals surface area contributed by atoms with Crippen LogP contribution >= 0.6 is 0 Å². The third-order valence-corrected chi connectivity index (χ3v) is 3.19. The molecule has 3 nitrogen and oxygen atoms in total. The molecule has 0 amide bonds. The number of rotatable bonds is 4. The highest BCUT2D eigenvalue weighted by Gasteiger charge is 2.36. The first-order chi connectivity index (χ1) is 9.02. The SMILES string of the molecule is CC(Cc1ccccn1)(C(=O)O)c1cccc(F)c1. The summed E-state index contributed by atoms with van der Waals surface area (Å²) in [5, 5.41) is 9.49. The van der Waals surface area contributed by atoms with Crippen molar-refractivity contribution in [2.24, 2.45) is 0 Å². The third-order valence-electron chi connectivity index (χ3n) is 3.19. The van der Waals surface area contributed by atoms with Crippen molar-refractivity contribution in [2.75, 3.05) is 0 Å². The number of hydrogen-bond donors (Lipinski definition) is 1. The number of carbonyl (C=O) groups is 1. The minimum absolute atomic E-state index is 0.215. The Morgan fingerprint density at radius 3 is 2.68 bits per heavy atom. The molecule has 0 aliphatic heterocycles. The summed E-state index contributed by atoms with van der Waals surface area (Å²) < 4.78 is 13.3. The van der Waals surface area contributed by atoms with Gasteiger partial charge in [-0.2, -0.15) is 0 Å². The van der Waals surface area contributed by atoms with Crippen LogP contribution in [0.1, 0.15) is 18.2 Å². The molecule has 0 aliphatic rings. The lowest BCUT2D eigenvalue weighted by atomic mass is 9.78. The third kappa shape index (κ3) is 2.78. The van der Waals surface area contributed by atoms with Crippen molar-refractivity contribution < 1.29 is 14.3 Å². The summed E-state index contributed by atoms with van der Waals surface area (Å²) in [5.41, 5.74) is -0.0986. The summed E-state index contributed by atoms with van der Waals surface area (Å²) >= 11 is 0. The molecule has 98 valence electrons. The van der Waals surface area contributed by atoms with Gasteiger partial charge in [-0.3, -0.25) is 9.78 Å². The summed E-state index contributed by atoms with van der Waals surface area (Å²) in [7, 11) is 0. The van der Waals surface area contributed by atoms with Crippen LogP contribution < -0.4 is 0 Å². The second kappa shape index (κ2) is 5.18. The molecule has 1 aromatic carbocycles. The fourth-order valence-electron chi connectivity index (χ4n) is 2.00. The van der Waals surface area contributed by atoms with Gasteiger partial charge in [-0.15, -0.1) is 0 Å². The Balaban J connectivity index is 2.41. The first-order valence-corrected chi connectivity index (χ1v) is 5.92. The molecule has 0 spiro atoms. The monoisotopic (exact) mass is 259 g/mol. The minimum Gasteiger partial charge on any atom is -0.481 e. The minimum atomic E-state index is -1.20. The van der Waals surface area contributed by atoms with Gasteiger partial charge in [0.2, 0.25) is 0 Å². The molecule has 1 N–H and O–H groups in total. The number of pyridine rings is 1. The highest BCUT2D eigenvalue weighted by atomic mass is 19.1. The van der Waals surface area contributed by atoms with Crippen LogP contribution in [0.25, 0.3) is 0 Å². The summed E-state index contributed by atoms with van der Waals surface area (Å²) in [6.45, 7) is 1.58. The molecule has 0 fully saturated rings. The van der Waals surface area contributed by atoms with Gasteiger partial charge in [0.15, 0.2) is 0 Å². The lowest BCUT2D eigenvalue weighted by Crippen LogP contribution is -2.35. The molecule has 0 saturated carbocycles. The Morgan fingerprint density at radius 1 is 1.32 bits per heavy atom. The maximum Gasteiger partial charge on any atom is 0.314 e. The normalized spacial score (nSPS) is 13.8. The topological polar surface area (TPSA) is 50.2 Å². The highest BCUT2D eigenvalue weighted by molar-refractivity contribution is 5.81. The molecule has 2 rings (SSSR count). The Morgan fingerprint density at radius 2 is 2.11 bits per heavy atom. The zero-order valence-corrected chi connectivity index (χ0v) is 10.5. The van der Waals surface area contributed by atoms with Crippen molar-refractivity contribution in [2.45, 2.75) is 18.8 Å². The van der Waals surface area contributed by atoms with Crippen molar-refractivity contribution >= 4 is 5.97 Å². The number of hydrogen-bond acceptors (Lipinski definition) is 2. The average Bonchev–Trinajstić information content (AvgIpc) is 2.39. The van der Waals surface area contributed by atoms with Gasteiger partial charge in [-0.25, -0.2) is 4.39 Å². The van der Waals surface area contributed by atoms with Crippen molar-refractivity contribution in [3.8, 4) is 0 Å². The summed E-state index contributed by atoms with van der Waals surface area (Å²) in [4.78, 5) is 15.7. The standard InChI is InChI=1S/C15H14FNO2/c1-15(14(18)19,10-13-7-2-3-8-17-13)11-5-4-6-12(16)9-11/h2-9H,10H2,1H3,(H,18,19). The predicted octanol–water partition coefficient (Wildman–Crippen LogP) is 2.81. The Kier molecular flexibility index (Phi) is 3.60. The van der Waals surface area contributed by atoms with E-state index in [1.54, 1.807) is 37.4 Å². The molecule has 4 heteroatoms. The first kappa shape index (κ1) is 13.2. The van der Waals surface area contributed by atoms with E-state index in [1.165, 1.54) is 18.2 Å². The van der Waals surface area contributed by atoms with Gasteiger partial charge in [0, 0.05) is 18.3 Å². The van der Waals surface area contributed by atoms with Crippen LogP contribution in [-0.2, 0) is 16.6 Å². The number of aromatic nitrogens is 1. The second-order valence-corrected chi connectivity index (χ2v) is 4.65. The molecule has 1 atom stereocenters. The Hall–Kier alpha value is -2.23. The van der Waals surface area contributed by atoms with Crippen LogP contribution in [0.3, 0.4) is 0 Å². The van der Waals surface area contributed by atoms with E-state index in [0.717, 1.165) is 0 Å². The molecule has 1 unspecified atom stereocenters. The van der Waals surface area contributed by atoms with Crippen LogP contribution in [0.2, 0.25) is 0 Å². The molecule has 0 saturated heterocycles. The van der Waals surface area contributed by atoms with Crippen molar-refractivity contribution in [1.29, 1.82) is 0 Å². The van der Waals surface area contributed by atoms with Gasteiger partial charge in [0.25, 0.3) is 0 Å². The van der Waals surface area contributed by atoms with Crippen LogP contribution in [0.15, 0.2) is 48.7 Å². The zero-order valence-electron chi connectivity index (χ0n) is 10.5. The fourth-order valence-corrected chi connectivity index (χ4v) is 2.00. The van der Waals surface area contributed by atoms with Gasteiger partial charge in [-0.05, 0) is 36.8 Å². The van der Waals surface area contributed by atoms with E-state index in [0.29, 0.717) is 11.3 Å². The number of benzene rings is 1. The van der Waals surface area contributed by atoms with Crippen LogP contribution in [0.4, 0.5) is 4.39 Å². The molecule has 0 aliphatic carbocycles. The second-order valence-electron chi connectivity index (χ2n) is 4.65. The maximum atomic E-state index is 13.3. The Bertz CT molecular complexity index is 586. The lowest BCUT2D eigenvalue weighted by molar-refractivity contribution is -0.143. The van der Waals surface area contributed by atoms with E-state index in [2.05, 4.69) is 4.98 Å². The predicted molar refractivity (Wildman–Crippen MR) is 69.3 cm³/mol. The molecule has 2 aromatic rings. The van der Waals surface area contributed by atoms with Crippen LogP contribution in [0, 0.1) is 5.82 Å². The van der Waals surface area contributed by atoms with Crippen molar-refractivity contribution in [1.82, 2.24) is 4.98 Å². The van der Waals surface area contributed by atoms with Gasteiger partial charge >= 0.3 is 5.97 Å². The van der Waals surface area contributed by atoms with Gasteiger partial charge < -0.3 is 5.11 Å². The van der Waals surface area contributed by atoms with Crippen molar-refractivity contribution in [3.63, 3.8) is 0 Å². The van der Waals surface area contributed by atoms with Gasteiger partial charge in [-0.1, -0.05) is 18.2 Å². The van der Waals surface area contributed by atoms with Crippen LogP contribution in [0.5, 0.6) is 0 Å². The summed E-state index contributed by atoms with van der Waals surface area (Å²) in [6.07, 6.45) is 1.83. The van der Waals surface area contributed by atoms with Gasteiger partial charge in [0.1, 0.15) is 5.82 Å². The number of halogens is 1. The van der Waals surface area contributed by atoms with E-state index >= 15 is 0 Å². The highest BCUT2D eigenvalue weighted by Crippen LogP contribution is 2.28. The van der Waals surface area contributed by atoms with E-state index in [-0.39, 0.29) is 6.42 Å². The number of nitrogens with zero attached hydrogens (tertiary/aromatic N) is 1. The van der Waals surface area contributed by atoms with E-state index < -0.39 is 17.2 Å². The number of aliphatic carboxylic acids is 1. The molecule has 1 heterocycles. The van der Waals surface area contributed by atoms with Gasteiger partial charge in [0.05, 0.1) is 5.41 Å². The molecular formula is C15H14FNO2. The molecule has 0 radical (unpaired) electrons. The smallest absolute Gasteiger partial charge is 0.314 e.